The number of aryl methyl sites for hydroxylation is 1. The van der Waals surface area contributed by atoms with Gasteiger partial charge in [-0.2, -0.15) is 0 Å². The number of hydrogen-bond donors (Lipinski definition) is 1. The fourth-order valence-electron chi connectivity index (χ4n) is 1.14. The molecule has 0 spiro atoms. The van der Waals surface area contributed by atoms with Crippen molar-refractivity contribution in [2.75, 3.05) is 5.32 Å². The normalized spacial score (nSPS) is 12.7. The zero-order chi connectivity index (χ0) is 9.84. The summed E-state index contributed by atoms with van der Waals surface area (Å²) in [5.41, 5.74) is 2.48. The van der Waals surface area contributed by atoms with Gasteiger partial charge in [-0.25, -0.2) is 0 Å². The fraction of sp³-hybridized carbons (Fsp3) is 0.273. The zero-order valence-electron chi connectivity index (χ0n) is 8.35. The number of hydrogen-bond acceptors (Lipinski definition) is 2. The van der Waals surface area contributed by atoms with E-state index >= 15 is 0 Å². The Bertz CT molecular complexity index is 318. The van der Waals surface area contributed by atoms with Crippen molar-refractivity contribution in [3.05, 3.63) is 35.4 Å². The van der Waals surface area contributed by atoms with Crippen molar-refractivity contribution in [2.45, 2.75) is 25.7 Å². The summed E-state index contributed by atoms with van der Waals surface area (Å²) in [4.78, 5) is 1.28. The Hall–Kier alpha value is -0.890. The summed E-state index contributed by atoms with van der Waals surface area (Å²) in [7, 11) is 0. The molecule has 2 rings (SSSR count). The average molecular weight is 193 g/mol. The van der Waals surface area contributed by atoms with E-state index < -0.39 is 0 Å². The molecule has 1 N–H and O–H groups in total. The van der Waals surface area contributed by atoms with Gasteiger partial charge in [-0.05, 0) is 24.6 Å². The number of thioether (sulfide) groups is 1. The molecule has 13 heavy (non-hydrogen) atoms. The molecule has 1 nitrogen and oxygen atoms in total. The molecule has 70 valence electrons. The Labute approximate surface area is 84.2 Å². The summed E-state index contributed by atoms with van der Waals surface area (Å²) in [5, 5.41) is 4.23. The van der Waals surface area contributed by atoms with Crippen LogP contribution in [0.2, 0.25) is 0 Å². The van der Waals surface area contributed by atoms with Gasteiger partial charge in [0.25, 0.3) is 0 Å². The van der Waals surface area contributed by atoms with Crippen LogP contribution in [0.25, 0.3) is 0 Å². The van der Waals surface area contributed by atoms with Crippen LogP contribution in [0.3, 0.4) is 0 Å². The largest absolute Gasteiger partial charge is 0.350 e. The van der Waals surface area contributed by atoms with Crippen LogP contribution >= 0.6 is 11.8 Å². The second kappa shape index (κ2) is 4.38. The maximum atomic E-state index is 3.85. The fourth-order valence-corrected chi connectivity index (χ4v) is 1.92. The van der Waals surface area contributed by atoms with E-state index in [9.17, 15) is 0 Å². The minimum Gasteiger partial charge on any atom is -0.350 e. The average Bonchev–Trinajstić information content (AvgIpc) is 2.48. The summed E-state index contributed by atoms with van der Waals surface area (Å²) in [6.07, 6.45) is 0. The molecule has 0 unspecified atom stereocenters. The lowest BCUT2D eigenvalue weighted by molar-refractivity contribution is 1.38. The molecule has 0 aliphatic carbocycles. The molecule has 1 aromatic carbocycles. The van der Waals surface area contributed by atoms with Gasteiger partial charge in [0.05, 0.1) is 10.7 Å². The lowest BCUT2D eigenvalue weighted by Crippen LogP contribution is -1.85. The molecule has 1 heterocycles. The highest BCUT2D eigenvalue weighted by atomic mass is 32.2. The molecule has 0 bridgehead atoms. The molecular weight excluding hydrogens is 178 g/mol. The summed E-state index contributed by atoms with van der Waals surface area (Å²) in [6.45, 7) is 9.94. The van der Waals surface area contributed by atoms with Crippen LogP contribution in [0.5, 0.6) is 0 Å². The zero-order valence-corrected chi connectivity index (χ0v) is 9.16. The summed E-state index contributed by atoms with van der Waals surface area (Å²) in [6, 6.07) is 6.38. The van der Waals surface area contributed by atoms with Crippen molar-refractivity contribution in [2.24, 2.45) is 0 Å². The van der Waals surface area contributed by atoms with Gasteiger partial charge in [0.1, 0.15) is 0 Å². The maximum Gasteiger partial charge on any atom is 0.0701 e. The molecule has 2 heteroatoms. The highest BCUT2D eigenvalue weighted by molar-refractivity contribution is 8.03. The molecule has 0 atom stereocenters. The van der Waals surface area contributed by atoms with Gasteiger partial charge < -0.3 is 5.32 Å². The van der Waals surface area contributed by atoms with E-state index in [1.165, 1.54) is 16.1 Å². The van der Waals surface area contributed by atoms with Crippen LogP contribution in [0.15, 0.2) is 34.7 Å². The Kier molecular flexibility index (Phi) is 3.43. The van der Waals surface area contributed by atoms with Crippen molar-refractivity contribution >= 4 is 17.4 Å². The predicted molar refractivity (Wildman–Crippen MR) is 61.1 cm³/mol. The Morgan fingerprint density at radius 2 is 2.00 bits per heavy atom. The van der Waals surface area contributed by atoms with E-state index in [0.717, 1.165) is 5.03 Å². The first-order chi connectivity index (χ1) is 6.25. The van der Waals surface area contributed by atoms with Crippen molar-refractivity contribution in [3.63, 3.8) is 0 Å². The molecule has 1 aliphatic rings. The number of anilines is 1. The minimum atomic E-state index is 1.02. The molecule has 0 radical (unpaired) electrons. The molecular formula is C11H15NS. The third-order valence-electron chi connectivity index (χ3n) is 1.64. The highest BCUT2D eigenvalue weighted by Gasteiger charge is 2.12. The Balaban J connectivity index is 0.000000396. The first kappa shape index (κ1) is 10.2. The van der Waals surface area contributed by atoms with E-state index in [1.807, 2.05) is 13.8 Å². The van der Waals surface area contributed by atoms with Gasteiger partial charge in [-0.3, -0.25) is 0 Å². The van der Waals surface area contributed by atoms with Gasteiger partial charge >= 0.3 is 0 Å². The summed E-state index contributed by atoms with van der Waals surface area (Å²) >= 11 is 1.69. The number of nitrogens with one attached hydrogen (secondary N) is 1. The van der Waals surface area contributed by atoms with Crippen molar-refractivity contribution in [1.82, 2.24) is 0 Å². The molecule has 1 aromatic rings. The molecule has 0 aromatic heterocycles. The first-order valence-corrected chi connectivity index (χ1v) is 5.32. The summed E-state index contributed by atoms with van der Waals surface area (Å²) < 4.78 is 0. The van der Waals surface area contributed by atoms with Gasteiger partial charge in [0.2, 0.25) is 0 Å². The quantitative estimate of drug-likeness (QED) is 0.668. The van der Waals surface area contributed by atoms with Crippen molar-refractivity contribution in [3.8, 4) is 0 Å². The maximum absolute atomic E-state index is 3.85. The monoisotopic (exact) mass is 193 g/mol. The SMILES string of the molecule is C=C1Nc2cc(C)ccc2S1.CC. The minimum absolute atomic E-state index is 1.02. The van der Waals surface area contributed by atoms with Crippen molar-refractivity contribution < 1.29 is 0 Å². The van der Waals surface area contributed by atoms with Crippen molar-refractivity contribution in [1.29, 1.82) is 0 Å². The van der Waals surface area contributed by atoms with Crippen LogP contribution < -0.4 is 5.32 Å². The Morgan fingerprint density at radius 3 is 2.69 bits per heavy atom. The van der Waals surface area contributed by atoms with Crippen LogP contribution in [0.1, 0.15) is 19.4 Å². The van der Waals surface area contributed by atoms with E-state index in [-0.39, 0.29) is 0 Å². The molecule has 0 amide bonds. The lowest BCUT2D eigenvalue weighted by Gasteiger charge is -1.97. The standard InChI is InChI=1S/C9H9NS.C2H6/c1-6-3-4-9-8(5-6)10-7(2)11-9;1-2/h3-5,10H,2H2,1H3;1-2H3. The van der Waals surface area contributed by atoms with Gasteiger partial charge in [0, 0.05) is 4.90 Å². The smallest absolute Gasteiger partial charge is 0.0701 e. The lowest BCUT2D eigenvalue weighted by atomic mass is 10.2. The van der Waals surface area contributed by atoms with E-state index in [4.69, 9.17) is 0 Å². The Morgan fingerprint density at radius 1 is 1.31 bits per heavy atom. The van der Waals surface area contributed by atoms with E-state index in [2.05, 4.69) is 37.0 Å². The van der Waals surface area contributed by atoms with Crippen LogP contribution in [-0.2, 0) is 0 Å². The molecule has 0 saturated heterocycles. The number of fused-ring (bicyclic) bond motifs is 1. The van der Waals surface area contributed by atoms with E-state index in [1.54, 1.807) is 11.8 Å². The van der Waals surface area contributed by atoms with Gasteiger partial charge in [0.15, 0.2) is 0 Å². The predicted octanol–water partition coefficient (Wildman–Crippen LogP) is 4.01. The topological polar surface area (TPSA) is 12.0 Å². The third-order valence-corrected chi connectivity index (χ3v) is 2.57. The highest BCUT2D eigenvalue weighted by Crippen LogP contribution is 2.39. The van der Waals surface area contributed by atoms with E-state index in [0.29, 0.717) is 0 Å². The molecule has 0 fully saturated rings. The molecule has 1 aliphatic heterocycles. The number of rotatable bonds is 0. The summed E-state index contributed by atoms with van der Waals surface area (Å²) in [5.74, 6) is 0. The second-order valence-electron chi connectivity index (χ2n) is 2.65. The van der Waals surface area contributed by atoms with Crippen LogP contribution in [0, 0.1) is 6.92 Å². The van der Waals surface area contributed by atoms with Crippen LogP contribution in [0.4, 0.5) is 5.69 Å². The third kappa shape index (κ3) is 2.28. The first-order valence-electron chi connectivity index (χ1n) is 4.50. The van der Waals surface area contributed by atoms with Gasteiger partial charge in [-0.1, -0.05) is 38.3 Å². The number of benzene rings is 1. The second-order valence-corrected chi connectivity index (χ2v) is 3.79. The van der Waals surface area contributed by atoms with Crippen LogP contribution in [-0.4, -0.2) is 0 Å². The van der Waals surface area contributed by atoms with Gasteiger partial charge in [-0.15, -0.1) is 0 Å². The molecule has 0 saturated carbocycles.